The lowest BCUT2D eigenvalue weighted by Crippen LogP contribution is -2.36. The van der Waals surface area contributed by atoms with E-state index in [1.165, 1.54) is 36.0 Å². The third-order valence-corrected chi connectivity index (χ3v) is 6.65. The Kier molecular flexibility index (Phi) is 5.34. The molecular weight excluding hydrogens is 382 g/mol. The fourth-order valence-corrected chi connectivity index (χ4v) is 5.00. The molecule has 0 radical (unpaired) electrons. The summed E-state index contributed by atoms with van der Waals surface area (Å²) in [6, 6.07) is 17.4. The summed E-state index contributed by atoms with van der Waals surface area (Å²) in [5, 5.41) is 13.9. The van der Waals surface area contributed by atoms with Crippen LogP contribution in [0.2, 0.25) is 5.02 Å². The van der Waals surface area contributed by atoms with Crippen molar-refractivity contribution in [1.29, 1.82) is 0 Å². The van der Waals surface area contributed by atoms with Crippen molar-refractivity contribution in [3.63, 3.8) is 0 Å². The zero-order valence-electron chi connectivity index (χ0n) is 16.5. The van der Waals surface area contributed by atoms with Crippen LogP contribution in [0.4, 0.5) is 0 Å². The van der Waals surface area contributed by atoms with Gasteiger partial charge in [-0.2, -0.15) is 0 Å². The Morgan fingerprint density at radius 1 is 0.931 bits per heavy atom. The van der Waals surface area contributed by atoms with Gasteiger partial charge in [0, 0.05) is 18.1 Å². The Morgan fingerprint density at radius 2 is 1.69 bits per heavy atom. The summed E-state index contributed by atoms with van der Waals surface area (Å²) >= 11 is 6.19. The Labute approximate surface area is 176 Å². The first-order valence-corrected chi connectivity index (χ1v) is 11.0. The molecule has 150 valence electrons. The number of halogens is 1. The molecule has 0 amide bonds. The lowest BCUT2D eigenvalue weighted by atomic mass is 9.94. The highest BCUT2D eigenvalue weighted by atomic mass is 35.5. The number of nitrogens with zero attached hydrogens (tertiary/aromatic N) is 5. The number of hydrogen-bond donors (Lipinski definition) is 0. The molecule has 1 aliphatic carbocycles. The van der Waals surface area contributed by atoms with Crippen molar-refractivity contribution in [3.8, 4) is 0 Å². The summed E-state index contributed by atoms with van der Waals surface area (Å²) in [6.45, 7) is 1.89. The number of benzene rings is 2. The molecule has 2 aliphatic rings. The van der Waals surface area contributed by atoms with Gasteiger partial charge in [0.2, 0.25) is 0 Å². The van der Waals surface area contributed by atoms with Gasteiger partial charge < -0.3 is 0 Å². The minimum atomic E-state index is 0.0255. The molecule has 5 rings (SSSR count). The van der Waals surface area contributed by atoms with E-state index in [1.54, 1.807) is 0 Å². The summed E-state index contributed by atoms with van der Waals surface area (Å²) < 4.78 is 2.11. The van der Waals surface area contributed by atoms with Crippen molar-refractivity contribution in [1.82, 2.24) is 25.1 Å². The van der Waals surface area contributed by atoms with Gasteiger partial charge in [0.1, 0.15) is 0 Å². The summed E-state index contributed by atoms with van der Waals surface area (Å²) in [5.41, 5.74) is 4.04. The van der Waals surface area contributed by atoms with Crippen LogP contribution in [0.3, 0.4) is 0 Å². The molecule has 2 aromatic carbocycles. The topological polar surface area (TPSA) is 46.8 Å². The average Bonchev–Trinajstić information content (AvgIpc) is 3.25. The van der Waals surface area contributed by atoms with Crippen molar-refractivity contribution >= 4 is 11.6 Å². The Hall–Kier alpha value is -2.24. The second-order valence-electron chi connectivity index (χ2n) is 8.22. The van der Waals surface area contributed by atoms with Crippen LogP contribution in [0.5, 0.6) is 0 Å². The third kappa shape index (κ3) is 3.81. The van der Waals surface area contributed by atoms with E-state index in [-0.39, 0.29) is 6.04 Å². The molecule has 0 spiro atoms. The maximum Gasteiger partial charge on any atom is 0.173 e. The lowest BCUT2D eigenvalue weighted by molar-refractivity contribution is 0.188. The van der Waals surface area contributed by atoms with Crippen LogP contribution < -0.4 is 0 Å². The molecular formula is C23H26ClN5. The summed E-state index contributed by atoms with van der Waals surface area (Å²) in [6.07, 6.45) is 7.20. The minimum absolute atomic E-state index is 0.0255. The molecule has 2 heterocycles. The molecule has 0 saturated heterocycles. The minimum Gasteiger partial charge on any atom is -0.285 e. The van der Waals surface area contributed by atoms with Crippen molar-refractivity contribution in [3.05, 3.63) is 76.1 Å². The number of hydrogen-bond acceptors (Lipinski definition) is 4. The second-order valence-corrected chi connectivity index (χ2v) is 8.65. The summed E-state index contributed by atoms with van der Waals surface area (Å²) in [4.78, 5) is 2.51. The molecule has 1 fully saturated rings. The zero-order chi connectivity index (χ0) is 19.6. The van der Waals surface area contributed by atoms with Crippen LogP contribution in [-0.4, -0.2) is 31.7 Å². The van der Waals surface area contributed by atoms with Gasteiger partial charge in [0.15, 0.2) is 5.82 Å². The van der Waals surface area contributed by atoms with E-state index >= 15 is 0 Å². The average molecular weight is 408 g/mol. The zero-order valence-corrected chi connectivity index (χ0v) is 17.3. The highest BCUT2D eigenvalue weighted by Crippen LogP contribution is 2.35. The highest BCUT2D eigenvalue weighted by molar-refractivity contribution is 6.30. The normalized spacial score (nSPS) is 19.1. The summed E-state index contributed by atoms with van der Waals surface area (Å²) in [7, 11) is 0. The van der Waals surface area contributed by atoms with Gasteiger partial charge in [-0.15, -0.1) is 5.10 Å². The predicted octanol–water partition coefficient (Wildman–Crippen LogP) is 4.98. The largest absolute Gasteiger partial charge is 0.285 e. The molecule has 1 saturated carbocycles. The SMILES string of the molecule is Clc1ccc([C@@H](c2nnnn2C2CCCCC2)N2CCc3ccccc3C2)cc1. The van der Waals surface area contributed by atoms with Gasteiger partial charge in [-0.25, -0.2) is 4.68 Å². The van der Waals surface area contributed by atoms with Crippen molar-refractivity contribution in [2.75, 3.05) is 6.54 Å². The van der Waals surface area contributed by atoms with Gasteiger partial charge in [-0.05, 0) is 58.5 Å². The molecule has 5 nitrogen and oxygen atoms in total. The molecule has 0 unspecified atom stereocenters. The Balaban J connectivity index is 1.54. The summed E-state index contributed by atoms with van der Waals surface area (Å²) in [5.74, 6) is 0.957. The van der Waals surface area contributed by atoms with E-state index in [1.807, 2.05) is 12.1 Å². The predicted molar refractivity (Wildman–Crippen MR) is 114 cm³/mol. The van der Waals surface area contributed by atoms with Crippen LogP contribution in [0.25, 0.3) is 0 Å². The third-order valence-electron chi connectivity index (χ3n) is 6.39. The van der Waals surface area contributed by atoms with Gasteiger partial charge in [0.25, 0.3) is 0 Å². The Morgan fingerprint density at radius 3 is 2.48 bits per heavy atom. The smallest absolute Gasteiger partial charge is 0.173 e. The second kappa shape index (κ2) is 8.25. The first kappa shape index (κ1) is 18.8. The standard InChI is InChI=1S/C23H26ClN5/c24-20-12-10-18(11-13-20)22(28-15-14-17-6-4-5-7-19(17)16-28)23-25-26-27-29(23)21-8-2-1-3-9-21/h4-7,10-13,21-22H,1-3,8-9,14-16H2/t22-/m0/s1. The van der Waals surface area contributed by atoms with Gasteiger partial charge >= 0.3 is 0 Å². The van der Waals surface area contributed by atoms with Crippen LogP contribution in [0.15, 0.2) is 48.5 Å². The van der Waals surface area contributed by atoms with Crippen molar-refractivity contribution < 1.29 is 0 Å². The van der Waals surface area contributed by atoms with E-state index in [2.05, 4.69) is 61.5 Å². The van der Waals surface area contributed by atoms with Gasteiger partial charge in [-0.3, -0.25) is 4.90 Å². The maximum absolute atomic E-state index is 6.19. The molecule has 1 atom stereocenters. The van der Waals surface area contributed by atoms with Crippen molar-refractivity contribution in [2.24, 2.45) is 0 Å². The quantitative estimate of drug-likeness (QED) is 0.612. The molecule has 0 bridgehead atoms. The fourth-order valence-electron chi connectivity index (χ4n) is 4.87. The molecule has 29 heavy (non-hydrogen) atoms. The monoisotopic (exact) mass is 407 g/mol. The molecule has 1 aromatic heterocycles. The van der Waals surface area contributed by atoms with Crippen LogP contribution in [0.1, 0.15) is 66.7 Å². The maximum atomic E-state index is 6.19. The van der Waals surface area contributed by atoms with E-state index < -0.39 is 0 Å². The Bertz CT molecular complexity index is 961. The number of tetrazole rings is 1. The van der Waals surface area contributed by atoms with Crippen LogP contribution >= 0.6 is 11.6 Å². The van der Waals surface area contributed by atoms with E-state index in [0.717, 1.165) is 43.2 Å². The first-order valence-electron chi connectivity index (χ1n) is 10.6. The van der Waals surface area contributed by atoms with Gasteiger partial charge in [-0.1, -0.05) is 67.3 Å². The van der Waals surface area contributed by atoms with Gasteiger partial charge in [0.05, 0.1) is 12.1 Å². The highest BCUT2D eigenvalue weighted by Gasteiger charge is 2.32. The fraction of sp³-hybridized carbons (Fsp3) is 0.435. The van der Waals surface area contributed by atoms with Crippen molar-refractivity contribution in [2.45, 2.75) is 57.2 Å². The van der Waals surface area contributed by atoms with E-state index in [0.29, 0.717) is 6.04 Å². The lowest BCUT2D eigenvalue weighted by Gasteiger charge is -2.36. The molecule has 1 aliphatic heterocycles. The van der Waals surface area contributed by atoms with E-state index in [4.69, 9.17) is 11.6 Å². The molecule has 0 N–H and O–H groups in total. The van der Waals surface area contributed by atoms with Crippen LogP contribution in [0, 0.1) is 0 Å². The molecule has 6 heteroatoms. The molecule has 3 aromatic rings. The van der Waals surface area contributed by atoms with E-state index in [9.17, 15) is 0 Å². The number of aromatic nitrogens is 4. The van der Waals surface area contributed by atoms with Crippen LogP contribution in [-0.2, 0) is 13.0 Å². The first-order chi connectivity index (χ1) is 14.3. The number of fused-ring (bicyclic) bond motifs is 1. The number of rotatable bonds is 4.